The number of aliphatic hydroxyl groups excluding tert-OH is 1. The molecule has 4 nitrogen and oxygen atoms in total. The van der Waals surface area contributed by atoms with Crippen LogP contribution in [-0.2, 0) is 4.79 Å². The van der Waals surface area contributed by atoms with Gasteiger partial charge in [-0.05, 0) is 32.1 Å². The van der Waals surface area contributed by atoms with Gasteiger partial charge in [0.15, 0.2) is 0 Å². The monoisotopic (exact) mass is 338 g/mol. The predicted octanol–water partition coefficient (Wildman–Crippen LogP) is 3.67. The second kappa shape index (κ2) is 18.2. The molecule has 0 aromatic rings. The number of carbonyl (C=O) groups excluding carboxylic acids is 1. The maximum absolute atomic E-state index is 11.8. The van der Waals surface area contributed by atoms with Crippen molar-refractivity contribution < 1.29 is 9.90 Å². The Labute approximate surface area is 149 Å². The molecule has 0 fully saturated rings. The Hall–Kier alpha value is -1.13. The van der Waals surface area contributed by atoms with Crippen LogP contribution in [0.4, 0.5) is 0 Å². The molecule has 0 aromatic carbocycles. The molecule has 0 aliphatic rings. The molecule has 0 saturated heterocycles. The summed E-state index contributed by atoms with van der Waals surface area (Å²) >= 11 is 0. The van der Waals surface area contributed by atoms with Crippen molar-refractivity contribution in [2.75, 3.05) is 32.8 Å². The van der Waals surface area contributed by atoms with Crippen LogP contribution in [0.3, 0.4) is 0 Å². The molecule has 0 radical (unpaired) electrons. The van der Waals surface area contributed by atoms with E-state index in [0.717, 1.165) is 45.2 Å². The van der Waals surface area contributed by atoms with E-state index in [1.807, 2.05) is 0 Å². The first-order valence-electron chi connectivity index (χ1n) is 9.64. The summed E-state index contributed by atoms with van der Waals surface area (Å²) in [7, 11) is 0. The Morgan fingerprint density at radius 3 is 2.38 bits per heavy atom. The number of rotatable bonds is 16. The largest absolute Gasteiger partial charge is 0.395 e. The number of hydrogen-bond acceptors (Lipinski definition) is 3. The summed E-state index contributed by atoms with van der Waals surface area (Å²) in [4.78, 5) is 14.0. The van der Waals surface area contributed by atoms with Gasteiger partial charge in [0.25, 0.3) is 0 Å². The first kappa shape index (κ1) is 22.9. The summed E-state index contributed by atoms with van der Waals surface area (Å²) < 4.78 is 0. The quantitative estimate of drug-likeness (QED) is 0.333. The van der Waals surface area contributed by atoms with Crippen LogP contribution >= 0.6 is 0 Å². The van der Waals surface area contributed by atoms with E-state index in [0.29, 0.717) is 19.5 Å². The zero-order valence-corrected chi connectivity index (χ0v) is 15.8. The summed E-state index contributed by atoms with van der Waals surface area (Å²) in [6.07, 6.45) is 16.9. The molecule has 0 aliphatic carbocycles. The second-order valence-electron chi connectivity index (χ2n) is 6.09. The summed E-state index contributed by atoms with van der Waals surface area (Å²) in [5, 5.41) is 12.1. The molecule has 0 saturated carbocycles. The van der Waals surface area contributed by atoms with Gasteiger partial charge in [0.1, 0.15) is 0 Å². The van der Waals surface area contributed by atoms with E-state index in [9.17, 15) is 4.79 Å². The molecular formula is C20H38N2O2. The Morgan fingerprint density at radius 1 is 0.958 bits per heavy atom. The number of amides is 1. The molecule has 0 aromatic heterocycles. The van der Waals surface area contributed by atoms with Gasteiger partial charge in [0, 0.05) is 32.6 Å². The van der Waals surface area contributed by atoms with E-state index >= 15 is 0 Å². The smallest absolute Gasteiger partial charge is 0.220 e. The lowest BCUT2D eigenvalue weighted by molar-refractivity contribution is -0.121. The van der Waals surface area contributed by atoms with Crippen LogP contribution < -0.4 is 5.32 Å². The highest BCUT2D eigenvalue weighted by Gasteiger charge is 2.05. The average Bonchev–Trinajstić information content (AvgIpc) is 2.57. The van der Waals surface area contributed by atoms with Gasteiger partial charge in [-0.2, -0.15) is 0 Å². The SMILES string of the molecule is CC/C=C/CCCC(=O)NCCN(CCO)CC/C=C/CCCC. The summed E-state index contributed by atoms with van der Waals surface area (Å²) in [6.45, 7) is 7.53. The van der Waals surface area contributed by atoms with Crippen molar-refractivity contribution >= 4 is 5.91 Å². The number of nitrogens with zero attached hydrogens (tertiary/aromatic N) is 1. The van der Waals surface area contributed by atoms with Crippen molar-refractivity contribution in [2.24, 2.45) is 0 Å². The molecule has 0 rings (SSSR count). The number of aliphatic hydroxyl groups is 1. The van der Waals surface area contributed by atoms with Gasteiger partial charge in [0.05, 0.1) is 6.61 Å². The molecule has 0 unspecified atom stereocenters. The van der Waals surface area contributed by atoms with E-state index in [4.69, 9.17) is 5.11 Å². The molecule has 140 valence electrons. The normalized spacial score (nSPS) is 11.8. The first-order valence-corrected chi connectivity index (χ1v) is 9.64. The zero-order chi connectivity index (χ0) is 17.9. The number of nitrogens with one attached hydrogen (secondary N) is 1. The third-order valence-electron chi connectivity index (χ3n) is 3.85. The Bertz CT molecular complexity index is 341. The topological polar surface area (TPSA) is 52.6 Å². The maximum Gasteiger partial charge on any atom is 0.220 e. The zero-order valence-electron chi connectivity index (χ0n) is 15.8. The number of allylic oxidation sites excluding steroid dienone is 3. The molecule has 0 aliphatic heterocycles. The predicted molar refractivity (Wildman–Crippen MR) is 103 cm³/mol. The lowest BCUT2D eigenvalue weighted by atomic mass is 10.2. The Balaban J connectivity index is 3.77. The van der Waals surface area contributed by atoms with Gasteiger partial charge in [0.2, 0.25) is 5.91 Å². The summed E-state index contributed by atoms with van der Waals surface area (Å²) in [6, 6.07) is 0. The van der Waals surface area contributed by atoms with Crippen molar-refractivity contribution in [1.82, 2.24) is 10.2 Å². The van der Waals surface area contributed by atoms with Crippen molar-refractivity contribution in [3.8, 4) is 0 Å². The minimum atomic E-state index is 0.128. The molecule has 0 spiro atoms. The minimum absolute atomic E-state index is 0.128. The highest BCUT2D eigenvalue weighted by Crippen LogP contribution is 1.99. The van der Waals surface area contributed by atoms with Gasteiger partial charge in [-0.25, -0.2) is 0 Å². The third-order valence-corrected chi connectivity index (χ3v) is 3.85. The van der Waals surface area contributed by atoms with E-state index in [1.165, 1.54) is 12.8 Å². The molecule has 1 amide bonds. The lowest BCUT2D eigenvalue weighted by Crippen LogP contribution is -2.36. The van der Waals surface area contributed by atoms with E-state index in [-0.39, 0.29) is 12.5 Å². The van der Waals surface area contributed by atoms with Crippen LogP contribution in [0.5, 0.6) is 0 Å². The van der Waals surface area contributed by atoms with E-state index < -0.39 is 0 Å². The van der Waals surface area contributed by atoms with Gasteiger partial charge in [-0.15, -0.1) is 0 Å². The highest BCUT2D eigenvalue weighted by molar-refractivity contribution is 5.75. The number of hydrogen-bond donors (Lipinski definition) is 2. The fourth-order valence-corrected chi connectivity index (χ4v) is 2.40. The van der Waals surface area contributed by atoms with Crippen molar-refractivity contribution in [3.63, 3.8) is 0 Å². The van der Waals surface area contributed by atoms with Gasteiger partial charge >= 0.3 is 0 Å². The maximum atomic E-state index is 11.8. The molecule has 0 atom stereocenters. The standard InChI is InChI=1S/C20H38N2O2/c1-3-5-7-9-11-13-16-22(18-19-23)17-15-21-20(24)14-12-10-8-6-4-2/h6,8-9,11,23H,3-5,7,10,12-19H2,1-2H3,(H,21,24)/b8-6+,11-9+. The third kappa shape index (κ3) is 15.8. The van der Waals surface area contributed by atoms with Crippen LogP contribution in [0.1, 0.15) is 65.2 Å². The molecule has 24 heavy (non-hydrogen) atoms. The molecular weight excluding hydrogens is 300 g/mol. The van der Waals surface area contributed by atoms with E-state index in [2.05, 4.69) is 48.4 Å². The van der Waals surface area contributed by atoms with Crippen LogP contribution in [0.15, 0.2) is 24.3 Å². The summed E-state index contributed by atoms with van der Waals surface area (Å²) in [5.74, 6) is 0.128. The summed E-state index contributed by atoms with van der Waals surface area (Å²) in [5.41, 5.74) is 0. The first-order chi connectivity index (χ1) is 11.7. The molecule has 4 heteroatoms. The van der Waals surface area contributed by atoms with Gasteiger partial charge < -0.3 is 10.4 Å². The van der Waals surface area contributed by atoms with Gasteiger partial charge in [-0.1, -0.05) is 51.0 Å². The average molecular weight is 339 g/mol. The molecule has 0 heterocycles. The number of unbranched alkanes of at least 4 members (excludes halogenated alkanes) is 3. The second-order valence-corrected chi connectivity index (χ2v) is 6.09. The van der Waals surface area contributed by atoms with Crippen LogP contribution in [-0.4, -0.2) is 48.7 Å². The Morgan fingerprint density at radius 2 is 1.67 bits per heavy atom. The number of carbonyl (C=O) groups is 1. The van der Waals surface area contributed by atoms with Crippen LogP contribution in [0.2, 0.25) is 0 Å². The van der Waals surface area contributed by atoms with Gasteiger partial charge in [-0.3, -0.25) is 9.69 Å². The Kier molecular flexibility index (Phi) is 17.4. The van der Waals surface area contributed by atoms with Crippen molar-refractivity contribution in [2.45, 2.75) is 65.2 Å². The fraction of sp³-hybridized carbons (Fsp3) is 0.750. The van der Waals surface area contributed by atoms with Crippen LogP contribution in [0, 0.1) is 0 Å². The minimum Gasteiger partial charge on any atom is -0.395 e. The van der Waals surface area contributed by atoms with E-state index in [1.54, 1.807) is 0 Å². The van der Waals surface area contributed by atoms with Crippen molar-refractivity contribution in [1.29, 1.82) is 0 Å². The van der Waals surface area contributed by atoms with Crippen molar-refractivity contribution in [3.05, 3.63) is 24.3 Å². The molecule has 2 N–H and O–H groups in total. The highest BCUT2D eigenvalue weighted by atomic mass is 16.3. The lowest BCUT2D eigenvalue weighted by Gasteiger charge is -2.20. The fourth-order valence-electron chi connectivity index (χ4n) is 2.40. The molecule has 0 bridgehead atoms. The van der Waals surface area contributed by atoms with Crippen LogP contribution in [0.25, 0.3) is 0 Å².